The van der Waals surface area contributed by atoms with Crippen LogP contribution >= 0.6 is 0 Å². The van der Waals surface area contributed by atoms with Gasteiger partial charge in [0.25, 0.3) is 5.92 Å². The Morgan fingerprint density at radius 1 is 0.941 bits per heavy atom. The van der Waals surface area contributed by atoms with Gasteiger partial charge in [0.2, 0.25) is 0 Å². The average molecular weight is 484 g/mol. The van der Waals surface area contributed by atoms with Crippen molar-refractivity contribution >= 4 is 18.3 Å². The molecule has 2 aliphatic rings. The Bertz CT molecular complexity index is 929. The van der Waals surface area contributed by atoms with Gasteiger partial charge in [-0.2, -0.15) is 0 Å². The second-order valence-electron chi connectivity index (χ2n) is 10.3. The Morgan fingerprint density at radius 3 is 2.06 bits per heavy atom. The van der Waals surface area contributed by atoms with Crippen molar-refractivity contribution in [2.75, 3.05) is 13.1 Å². The Balaban J connectivity index is 1.90. The molecule has 2 aliphatic heterocycles. The van der Waals surface area contributed by atoms with Crippen LogP contribution in [0.25, 0.3) is 0 Å². The highest BCUT2D eigenvalue weighted by atomic mass is 19.3. The van der Waals surface area contributed by atoms with E-state index in [1.807, 2.05) is 0 Å². The van der Waals surface area contributed by atoms with Crippen molar-refractivity contribution in [1.29, 1.82) is 0 Å². The van der Waals surface area contributed by atoms with E-state index < -0.39 is 54.0 Å². The standard InChI is InChI=1S/C23H31F2N3O6/c1-21(2,3)33-18(29)26-14-23(24,25)17-16(26)12-27(19(30)34-22(4,5)6)28(17)20(31)32-13-15-10-8-7-9-11-15/h7-11,16-17H,12-14H2,1-6H3. The van der Waals surface area contributed by atoms with Crippen LogP contribution in [0.2, 0.25) is 0 Å². The fraction of sp³-hybridized carbons (Fsp3) is 0.609. The van der Waals surface area contributed by atoms with Crippen LogP contribution < -0.4 is 0 Å². The maximum absolute atomic E-state index is 15.2. The lowest BCUT2D eigenvalue weighted by atomic mass is 10.1. The first-order valence-electron chi connectivity index (χ1n) is 11.0. The molecule has 2 atom stereocenters. The van der Waals surface area contributed by atoms with Gasteiger partial charge in [0.15, 0.2) is 0 Å². The predicted molar refractivity (Wildman–Crippen MR) is 117 cm³/mol. The number of carbonyl (C=O) groups excluding carboxylic acids is 3. The molecule has 188 valence electrons. The number of halogens is 2. The molecule has 0 radical (unpaired) electrons. The lowest BCUT2D eigenvalue weighted by Gasteiger charge is -2.33. The monoisotopic (exact) mass is 483 g/mol. The van der Waals surface area contributed by atoms with Crippen LogP contribution in [0.1, 0.15) is 47.1 Å². The van der Waals surface area contributed by atoms with E-state index in [4.69, 9.17) is 14.2 Å². The van der Waals surface area contributed by atoms with Crippen LogP contribution in [0.4, 0.5) is 23.2 Å². The van der Waals surface area contributed by atoms with Crippen molar-refractivity contribution in [1.82, 2.24) is 14.9 Å². The summed E-state index contributed by atoms with van der Waals surface area (Å²) in [5.74, 6) is -3.52. The highest BCUT2D eigenvalue weighted by Crippen LogP contribution is 2.42. The highest BCUT2D eigenvalue weighted by Gasteiger charge is 2.66. The summed E-state index contributed by atoms with van der Waals surface area (Å²) in [6.07, 6.45) is -3.10. The van der Waals surface area contributed by atoms with Gasteiger partial charge in [-0.3, -0.25) is 4.90 Å². The fourth-order valence-corrected chi connectivity index (χ4v) is 3.84. The van der Waals surface area contributed by atoms with E-state index in [1.54, 1.807) is 71.9 Å². The second-order valence-corrected chi connectivity index (χ2v) is 10.3. The summed E-state index contributed by atoms with van der Waals surface area (Å²) < 4.78 is 46.3. The van der Waals surface area contributed by atoms with Crippen molar-refractivity contribution < 1.29 is 37.4 Å². The van der Waals surface area contributed by atoms with Gasteiger partial charge in [0.05, 0.1) is 19.1 Å². The van der Waals surface area contributed by atoms with Crippen molar-refractivity contribution in [2.24, 2.45) is 0 Å². The topological polar surface area (TPSA) is 88.6 Å². The molecule has 11 heteroatoms. The summed E-state index contributed by atoms with van der Waals surface area (Å²) in [6, 6.07) is 5.65. The first-order chi connectivity index (χ1) is 15.6. The van der Waals surface area contributed by atoms with Crippen molar-refractivity contribution in [3.8, 4) is 0 Å². The van der Waals surface area contributed by atoms with E-state index in [0.717, 1.165) is 9.91 Å². The molecule has 2 heterocycles. The summed E-state index contributed by atoms with van der Waals surface area (Å²) in [6.45, 7) is 8.17. The molecule has 2 unspecified atom stereocenters. The predicted octanol–water partition coefficient (Wildman–Crippen LogP) is 4.41. The third kappa shape index (κ3) is 5.68. The number of hydrogen-bond donors (Lipinski definition) is 0. The minimum atomic E-state index is -3.52. The molecule has 34 heavy (non-hydrogen) atoms. The quantitative estimate of drug-likeness (QED) is 0.579. The summed E-state index contributed by atoms with van der Waals surface area (Å²) in [4.78, 5) is 39.4. The van der Waals surface area contributed by atoms with Crippen molar-refractivity contribution in [3.05, 3.63) is 35.9 Å². The van der Waals surface area contributed by atoms with Crippen LogP contribution in [0.5, 0.6) is 0 Å². The van der Waals surface area contributed by atoms with E-state index >= 15 is 8.78 Å². The zero-order valence-electron chi connectivity index (χ0n) is 20.2. The summed E-state index contributed by atoms with van der Waals surface area (Å²) in [5, 5.41) is 1.35. The molecule has 1 aromatic rings. The molecule has 0 bridgehead atoms. The number of benzene rings is 1. The first-order valence-corrected chi connectivity index (χ1v) is 11.0. The molecule has 2 fully saturated rings. The molecule has 3 amide bonds. The maximum Gasteiger partial charge on any atom is 0.429 e. The van der Waals surface area contributed by atoms with Crippen molar-refractivity contribution in [2.45, 2.75) is 77.4 Å². The molecule has 1 aromatic carbocycles. The Kier molecular flexibility index (Phi) is 6.69. The van der Waals surface area contributed by atoms with Crippen LogP contribution in [-0.4, -0.2) is 75.5 Å². The number of rotatable bonds is 2. The molecule has 9 nitrogen and oxygen atoms in total. The van der Waals surface area contributed by atoms with Gasteiger partial charge >= 0.3 is 18.3 Å². The van der Waals surface area contributed by atoms with Gasteiger partial charge in [0, 0.05) is 0 Å². The zero-order valence-corrected chi connectivity index (χ0v) is 20.2. The molecule has 0 N–H and O–H groups in total. The molecule has 2 saturated heterocycles. The molecule has 3 rings (SSSR count). The number of ether oxygens (including phenoxy) is 3. The minimum Gasteiger partial charge on any atom is -0.444 e. The zero-order chi connectivity index (χ0) is 25.5. The Morgan fingerprint density at radius 2 is 1.50 bits per heavy atom. The number of nitrogens with zero attached hydrogens (tertiary/aromatic N) is 3. The number of carbonyl (C=O) groups is 3. The molecule has 0 aromatic heterocycles. The summed E-state index contributed by atoms with van der Waals surface area (Å²) in [5.41, 5.74) is -1.21. The second kappa shape index (κ2) is 8.92. The van der Waals surface area contributed by atoms with E-state index in [2.05, 4.69) is 0 Å². The van der Waals surface area contributed by atoms with Crippen LogP contribution in [0.3, 0.4) is 0 Å². The van der Waals surface area contributed by atoms with Gasteiger partial charge in [-0.1, -0.05) is 30.3 Å². The van der Waals surface area contributed by atoms with E-state index in [-0.39, 0.29) is 13.2 Å². The number of amides is 3. The minimum absolute atomic E-state index is 0.183. The van der Waals surface area contributed by atoms with Crippen LogP contribution in [0.15, 0.2) is 30.3 Å². The Labute approximate surface area is 197 Å². The lowest BCUT2D eigenvalue weighted by molar-refractivity contribution is -0.0963. The largest absolute Gasteiger partial charge is 0.444 e. The first kappa shape index (κ1) is 25.5. The van der Waals surface area contributed by atoms with E-state index in [9.17, 15) is 14.4 Å². The van der Waals surface area contributed by atoms with E-state index in [0.29, 0.717) is 10.6 Å². The van der Waals surface area contributed by atoms with Gasteiger partial charge in [-0.05, 0) is 47.1 Å². The molecule has 0 aliphatic carbocycles. The fourth-order valence-electron chi connectivity index (χ4n) is 3.84. The number of alkyl halides is 2. The molecule has 0 saturated carbocycles. The summed E-state index contributed by atoms with van der Waals surface area (Å²) in [7, 11) is 0. The molecule has 0 spiro atoms. The third-order valence-electron chi connectivity index (χ3n) is 5.09. The van der Waals surface area contributed by atoms with E-state index in [1.165, 1.54) is 0 Å². The van der Waals surface area contributed by atoms with Crippen molar-refractivity contribution in [3.63, 3.8) is 0 Å². The van der Waals surface area contributed by atoms with Crippen LogP contribution in [0, 0.1) is 0 Å². The molecular formula is C23H31F2N3O6. The normalized spacial score (nSPS) is 21.8. The number of hydrazine groups is 1. The van der Waals surface area contributed by atoms with Gasteiger partial charge < -0.3 is 14.2 Å². The number of likely N-dealkylation sites (tertiary alicyclic amines) is 1. The third-order valence-corrected chi connectivity index (χ3v) is 5.09. The van der Waals surface area contributed by atoms with Gasteiger partial charge in [-0.15, -0.1) is 0 Å². The average Bonchev–Trinajstić information content (AvgIpc) is 3.21. The summed E-state index contributed by atoms with van der Waals surface area (Å²) >= 11 is 0. The number of hydrogen-bond acceptors (Lipinski definition) is 6. The van der Waals surface area contributed by atoms with Gasteiger partial charge in [-0.25, -0.2) is 33.2 Å². The smallest absolute Gasteiger partial charge is 0.429 e. The molecular weight excluding hydrogens is 452 g/mol. The number of fused-ring (bicyclic) bond motifs is 1. The highest BCUT2D eigenvalue weighted by molar-refractivity contribution is 5.77. The SMILES string of the molecule is CC(C)(C)OC(=O)N1CC(F)(F)C2C1CN(C(=O)OC(C)(C)C)N2C(=O)OCc1ccccc1. The maximum atomic E-state index is 15.2. The van der Waals surface area contributed by atoms with Crippen LogP contribution in [-0.2, 0) is 20.8 Å². The van der Waals surface area contributed by atoms with Gasteiger partial charge in [0.1, 0.15) is 23.9 Å². The lowest BCUT2D eigenvalue weighted by Crippen LogP contribution is -2.55. The Hall–Kier alpha value is -3.11.